The number of anilines is 1. The first kappa shape index (κ1) is 14.7. The van der Waals surface area contributed by atoms with Gasteiger partial charge in [-0.1, -0.05) is 18.3 Å². The summed E-state index contributed by atoms with van der Waals surface area (Å²) >= 11 is 4.02. The highest BCUT2D eigenvalue weighted by atomic mass is 32.2. The Bertz CT molecular complexity index is 446. The third-order valence-corrected chi connectivity index (χ3v) is 6.63. The lowest BCUT2D eigenvalue weighted by atomic mass is 9.98. The predicted molar refractivity (Wildman–Crippen MR) is 90.2 cm³/mol. The zero-order chi connectivity index (χ0) is 13.9. The summed E-state index contributed by atoms with van der Waals surface area (Å²) in [6, 6.07) is 1.18. The molecule has 0 spiro atoms. The minimum absolute atomic E-state index is 0.555. The second-order valence-electron chi connectivity index (χ2n) is 5.82. The molecule has 0 bridgehead atoms. The highest BCUT2D eigenvalue weighted by Gasteiger charge is 2.28. The van der Waals surface area contributed by atoms with Crippen LogP contribution in [0.15, 0.2) is 0 Å². The Balaban J connectivity index is 1.79. The fourth-order valence-corrected chi connectivity index (χ4v) is 5.42. The van der Waals surface area contributed by atoms with E-state index in [1.807, 2.05) is 11.3 Å². The average Bonchev–Trinajstić information content (AvgIpc) is 2.89. The maximum Gasteiger partial charge on any atom is 0.186 e. The molecule has 1 fully saturated rings. The topological polar surface area (TPSA) is 28.2 Å². The van der Waals surface area contributed by atoms with Crippen LogP contribution in [0, 0.1) is 0 Å². The van der Waals surface area contributed by atoms with Gasteiger partial charge < -0.3 is 10.2 Å². The number of hydrogen-bond donors (Lipinski definition) is 1. The Morgan fingerprint density at radius 1 is 1.45 bits per heavy atom. The zero-order valence-electron chi connectivity index (χ0n) is 12.5. The molecule has 1 aliphatic heterocycles. The van der Waals surface area contributed by atoms with Crippen molar-refractivity contribution >= 4 is 28.2 Å². The van der Waals surface area contributed by atoms with Crippen molar-refractivity contribution in [1.29, 1.82) is 0 Å². The van der Waals surface area contributed by atoms with E-state index >= 15 is 0 Å². The molecule has 5 heteroatoms. The van der Waals surface area contributed by atoms with Gasteiger partial charge in [0.25, 0.3) is 0 Å². The van der Waals surface area contributed by atoms with Crippen LogP contribution in [-0.2, 0) is 6.42 Å². The van der Waals surface area contributed by atoms with E-state index in [2.05, 4.69) is 35.8 Å². The third kappa shape index (κ3) is 3.00. The summed E-state index contributed by atoms with van der Waals surface area (Å²) in [5, 5.41) is 4.97. The maximum absolute atomic E-state index is 4.98. The number of hydrogen-bond acceptors (Lipinski definition) is 5. The molecule has 1 N–H and O–H groups in total. The quantitative estimate of drug-likeness (QED) is 0.922. The van der Waals surface area contributed by atoms with Gasteiger partial charge in [0.1, 0.15) is 0 Å². The largest absolute Gasteiger partial charge is 0.344 e. The first-order valence-electron chi connectivity index (χ1n) is 7.87. The fourth-order valence-electron chi connectivity index (χ4n) is 3.05. The van der Waals surface area contributed by atoms with E-state index in [1.165, 1.54) is 52.9 Å². The van der Waals surface area contributed by atoms with E-state index < -0.39 is 0 Å². The van der Waals surface area contributed by atoms with Gasteiger partial charge in [-0.05, 0) is 39.2 Å². The van der Waals surface area contributed by atoms with Crippen molar-refractivity contribution in [2.24, 2.45) is 0 Å². The van der Waals surface area contributed by atoms with Crippen LogP contribution in [0.2, 0.25) is 0 Å². The number of nitrogens with one attached hydrogen (secondary N) is 1. The molecule has 0 saturated carbocycles. The molecule has 2 atom stereocenters. The summed E-state index contributed by atoms with van der Waals surface area (Å²) in [6.45, 7) is 6.85. The molecule has 2 aliphatic rings. The first-order valence-corrected chi connectivity index (χ1v) is 9.84. The molecule has 0 radical (unpaired) electrons. The average molecular weight is 312 g/mol. The standard InChI is InChI=1S/C15H25N3S2/c1-3-7-16-12-5-4-6-13-14(12)20-15(17-13)18-8-9-19-10-11(18)2/h11-12,16H,3-10H2,1-2H3. The Labute approximate surface area is 130 Å². The minimum Gasteiger partial charge on any atom is -0.344 e. The molecular formula is C15H25N3S2. The molecule has 112 valence electrons. The molecule has 3 nitrogen and oxygen atoms in total. The van der Waals surface area contributed by atoms with E-state index in [0.29, 0.717) is 12.1 Å². The van der Waals surface area contributed by atoms with Crippen LogP contribution in [0.3, 0.4) is 0 Å². The summed E-state index contributed by atoms with van der Waals surface area (Å²) < 4.78 is 0. The molecule has 2 unspecified atom stereocenters. The Morgan fingerprint density at radius 2 is 2.35 bits per heavy atom. The van der Waals surface area contributed by atoms with Crippen LogP contribution in [0.5, 0.6) is 0 Å². The van der Waals surface area contributed by atoms with Crippen LogP contribution in [0.1, 0.15) is 49.7 Å². The van der Waals surface area contributed by atoms with E-state index in [1.54, 1.807) is 0 Å². The van der Waals surface area contributed by atoms with E-state index in [-0.39, 0.29) is 0 Å². The Hall–Kier alpha value is -0.260. The van der Waals surface area contributed by atoms with Gasteiger partial charge in [0, 0.05) is 35.0 Å². The van der Waals surface area contributed by atoms with Crippen molar-refractivity contribution in [3.63, 3.8) is 0 Å². The number of aryl methyl sites for hydroxylation is 1. The molecule has 2 heterocycles. The van der Waals surface area contributed by atoms with E-state index in [9.17, 15) is 0 Å². The molecule has 1 saturated heterocycles. The van der Waals surface area contributed by atoms with Crippen molar-refractivity contribution in [2.45, 2.75) is 51.6 Å². The molecule has 0 amide bonds. The number of aromatic nitrogens is 1. The first-order chi connectivity index (χ1) is 9.79. The summed E-state index contributed by atoms with van der Waals surface area (Å²) in [6.07, 6.45) is 4.94. The molecule has 1 aliphatic carbocycles. The maximum atomic E-state index is 4.98. The summed E-state index contributed by atoms with van der Waals surface area (Å²) in [5.41, 5.74) is 1.37. The second-order valence-corrected chi connectivity index (χ2v) is 7.98. The van der Waals surface area contributed by atoms with Crippen LogP contribution < -0.4 is 10.2 Å². The SMILES string of the molecule is CCCNC1CCCc2nc(N3CCSCC3C)sc21. The van der Waals surface area contributed by atoms with Crippen LogP contribution in [0.25, 0.3) is 0 Å². The van der Waals surface area contributed by atoms with Gasteiger partial charge in [-0.15, -0.1) is 0 Å². The highest BCUT2D eigenvalue weighted by molar-refractivity contribution is 7.99. The predicted octanol–water partition coefficient (Wildman–Crippen LogP) is 3.46. The lowest BCUT2D eigenvalue weighted by molar-refractivity contribution is 0.464. The van der Waals surface area contributed by atoms with Crippen molar-refractivity contribution in [3.8, 4) is 0 Å². The van der Waals surface area contributed by atoms with Gasteiger partial charge in [-0.25, -0.2) is 4.98 Å². The monoisotopic (exact) mass is 311 g/mol. The highest BCUT2D eigenvalue weighted by Crippen LogP contribution is 2.38. The normalized spacial score (nSPS) is 26.6. The number of thioether (sulfide) groups is 1. The van der Waals surface area contributed by atoms with Crippen LogP contribution in [0.4, 0.5) is 5.13 Å². The summed E-state index contributed by atoms with van der Waals surface area (Å²) in [5.74, 6) is 2.48. The van der Waals surface area contributed by atoms with Crippen LogP contribution >= 0.6 is 23.1 Å². The molecule has 0 aromatic carbocycles. The Kier molecular flexibility index (Phi) is 4.89. The lowest BCUT2D eigenvalue weighted by Crippen LogP contribution is -2.40. The van der Waals surface area contributed by atoms with Gasteiger partial charge >= 0.3 is 0 Å². The minimum atomic E-state index is 0.555. The number of thiazole rings is 1. The van der Waals surface area contributed by atoms with Crippen molar-refractivity contribution in [1.82, 2.24) is 10.3 Å². The van der Waals surface area contributed by atoms with Gasteiger partial charge in [0.2, 0.25) is 0 Å². The second kappa shape index (κ2) is 6.67. The molecule has 3 rings (SSSR count). The van der Waals surface area contributed by atoms with Crippen molar-refractivity contribution in [3.05, 3.63) is 10.6 Å². The van der Waals surface area contributed by atoms with Crippen molar-refractivity contribution in [2.75, 3.05) is 29.5 Å². The third-order valence-electron chi connectivity index (χ3n) is 4.19. The fraction of sp³-hybridized carbons (Fsp3) is 0.800. The summed E-state index contributed by atoms with van der Waals surface area (Å²) in [4.78, 5) is 9.02. The molecular weight excluding hydrogens is 286 g/mol. The smallest absolute Gasteiger partial charge is 0.186 e. The molecule has 1 aromatic heterocycles. The Morgan fingerprint density at radius 3 is 3.15 bits per heavy atom. The van der Waals surface area contributed by atoms with Gasteiger partial charge in [0.05, 0.1) is 5.69 Å². The summed E-state index contributed by atoms with van der Waals surface area (Å²) in [7, 11) is 0. The molecule has 1 aromatic rings. The van der Waals surface area contributed by atoms with Gasteiger partial charge in [0.15, 0.2) is 5.13 Å². The number of fused-ring (bicyclic) bond motifs is 1. The van der Waals surface area contributed by atoms with Gasteiger partial charge in [-0.3, -0.25) is 0 Å². The number of rotatable bonds is 4. The number of nitrogens with zero attached hydrogens (tertiary/aromatic N) is 2. The van der Waals surface area contributed by atoms with Crippen molar-refractivity contribution < 1.29 is 0 Å². The van der Waals surface area contributed by atoms with E-state index in [0.717, 1.165) is 13.1 Å². The zero-order valence-corrected chi connectivity index (χ0v) is 14.2. The van der Waals surface area contributed by atoms with E-state index in [4.69, 9.17) is 4.98 Å². The lowest BCUT2D eigenvalue weighted by Gasteiger charge is -2.32. The molecule has 20 heavy (non-hydrogen) atoms. The van der Waals surface area contributed by atoms with Gasteiger partial charge in [-0.2, -0.15) is 11.8 Å². The van der Waals surface area contributed by atoms with Crippen LogP contribution in [-0.4, -0.2) is 35.6 Å².